The van der Waals surface area contributed by atoms with E-state index in [0.29, 0.717) is 5.91 Å². The summed E-state index contributed by atoms with van der Waals surface area (Å²) in [6, 6.07) is 0. The molecule has 16 heavy (non-hydrogen) atoms. The van der Waals surface area contributed by atoms with Crippen molar-refractivity contribution in [1.82, 2.24) is 10.2 Å². The Balaban J connectivity index is 2.12. The summed E-state index contributed by atoms with van der Waals surface area (Å²) in [4.78, 5) is 13.6. The fourth-order valence-corrected chi connectivity index (χ4v) is 2.40. The number of nitrogens with one attached hydrogen (secondary N) is 1. The highest BCUT2D eigenvalue weighted by molar-refractivity contribution is 5.75. The minimum Gasteiger partial charge on any atom is -0.344 e. The lowest BCUT2D eigenvalue weighted by atomic mass is 9.86. The molecular formula is C13H26N2O. The molecule has 1 rings (SSSR count). The van der Waals surface area contributed by atoms with Gasteiger partial charge in [0, 0.05) is 26.6 Å². The molecule has 1 aliphatic rings. The molecule has 1 amide bonds. The molecule has 0 saturated heterocycles. The largest absolute Gasteiger partial charge is 0.344 e. The van der Waals surface area contributed by atoms with E-state index >= 15 is 0 Å². The first-order valence-corrected chi connectivity index (χ1v) is 6.62. The summed E-state index contributed by atoms with van der Waals surface area (Å²) in [5.41, 5.74) is 0. The van der Waals surface area contributed by atoms with Gasteiger partial charge in [-0.05, 0) is 19.4 Å². The Morgan fingerprint density at radius 1 is 1.31 bits per heavy atom. The molecule has 0 unspecified atom stereocenters. The minimum atomic E-state index is 0.306. The van der Waals surface area contributed by atoms with E-state index < -0.39 is 0 Å². The van der Waals surface area contributed by atoms with E-state index in [0.717, 1.165) is 31.8 Å². The summed E-state index contributed by atoms with van der Waals surface area (Å²) < 4.78 is 0. The van der Waals surface area contributed by atoms with Crippen LogP contribution in [-0.2, 0) is 4.79 Å². The van der Waals surface area contributed by atoms with Gasteiger partial charge < -0.3 is 10.2 Å². The third-order valence-electron chi connectivity index (χ3n) is 3.61. The van der Waals surface area contributed by atoms with Crippen LogP contribution in [0.3, 0.4) is 0 Å². The molecule has 0 aromatic carbocycles. The van der Waals surface area contributed by atoms with Crippen LogP contribution in [0.4, 0.5) is 0 Å². The van der Waals surface area contributed by atoms with Crippen LogP contribution in [0.5, 0.6) is 0 Å². The number of carbonyl (C=O) groups is 1. The van der Waals surface area contributed by atoms with Crippen LogP contribution in [0.2, 0.25) is 0 Å². The summed E-state index contributed by atoms with van der Waals surface area (Å²) in [5, 5.41) is 3.07. The van der Waals surface area contributed by atoms with Gasteiger partial charge in [-0.1, -0.05) is 32.1 Å². The summed E-state index contributed by atoms with van der Waals surface area (Å²) >= 11 is 0. The maximum atomic E-state index is 11.8. The third-order valence-corrected chi connectivity index (χ3v) is 3.61. The van der Waals surface area contributed by atoms with Crippen LogP contribution in [-0.4, -0.2) is 38.0 Å². The molecule has 0 aliphatic heterocycles. The zero-order valence-electron chi connectivity index (χ0n) is 10.8. The van der Waals surface area contributed by atoms with E-state index in [9.17, 15) is 4.79 Å². The van der Waals surface area contributed by atoms with Crippen molar-refractivity contribution in [2.45, 2.75) is 44.9 Å². The second-order valence-electron chi connectivity index (χ2n) is 4.96. The average molecular weight is 226 g/mol. The Morgan fingerprint density at radius 3 is 2.62 bits per heavy atom. The normalized spacial score (nSPS) is 17.4. The van der Waals surface area contributed by atoms with E-state index in [1.807, 2.05) is 19.0 Å². The van der Waals surface area contributed by atoms with Crippen molar-refractivity contribution in [3.8, 4) is 0 Å². The second-order valence-corrected chi connectivity index (χ2v) is 4.96. The van der Waals surface area contributed by atoms with Gasteiger partial charge in [0.1, 0.15) is 0 Å². The fourth-order valence-electron chi connectivity index (χ4n) is 2.40. The number of hydrogen-bond acceptors (Lipinski definition) is 2. The van der Waals surface area contributed by atoms with Crippen LogP contribution in [0.1, 0.15) is 44.9 Å². The Bertz CT molecular complexity index is 200. The van der Waals surface area contributed by atoms with E-state index in [2.05, 4.69) is 5.32 Å². The van der Waals surface area contributed by atoms with Gasteiger partial charge in [0.25, 0.3) is 0 Å². The summed E-state index contributed by atoms with van der Waals surface area (Å²) in [6.45, 7) is 1.70. The first-order chi connectivity index (χ1) is 7.74. The third kappa shape index (κ3) is 4.97. The molecule has 1 fully saturated rings. The zero-order chi connectivity index (χ0) is 11.8. The van der Waals surface area contributed by atoms with E-state index in [1.165, 1.54) is 32.1 Å². The Labute approximate surface area is 99.6 Å². The Hall–Kier alpha value is -0.570. The predicted molar refractivity (Wildman–Crippen MR) is 67.4 cm³/mol. The van der Waals surface area contributed by atoms with Crippen molar-refractivity contribution >= 4 is 5.91 Å². The van der Waals surface area contributed by atoms with Gasteiger partial charge in [0.05, 0.1) is 0 Å². The minimum absolute atomic E-state index is 0.306. The SMILES string of the molecule is CNCCN(C)C(=O)CCC1CCCCC1. The van der Waals surface area contributed by atoms with Gasteiger partial charge in [-0.15, -0.1) is 0 Å². The number of hydrogen-bond donors (Lipinski definition) is 1. The Morgan fingerprint density at radius 2 is 2.00 bits per heavy atom. The predicted octanol–water partition coefficient (Wildman–Crippen LogP) is 2.02. The first-order valence-electron chi connectivity index (χ1n) is 6.62. The van der Waals surface area contributed by atoms with Crippen LogP contribution in [0, 0.1) is 5.92 Å². The van der Waals surface area contributed by atoms with Crippen molar-refractivity contribution in [3.63, 3.8) is 0 Å². The van der Waals surface area contributed by atoms with Crippen LogP contribution >= 0.6 is 0 Å². The molecular weight excluding hydrogens is 200 g/mol. The summed E-state index contributed by atoms with van der Waals surface area (Å²) in [5.74, 6) is 1.12. The molecule has 0 aromatic rings. The van der Waals surface area contributed by atoms with Gasteiger partial charge in [-0.25, -0.2) is 0 Å². The lowest BCUT2D eigenvalue weighted by molar-refractivity contribution is -0.130. The molecule has 94 valence electrons. The van der Waals surface area contributed by atoms with Crippen molar-refractivity contribution in [2.75, 3.05) is 27.2 Å². The Kier molecular flexibility index (Phi) is 6.46. The maximum absolute atomic E-state index is 11.8. The second kappa shape index (κ2) is 7.66. The van der Waals surface area contributed by atoms with Crippen LogP contribution in [0.25, 0.3) is 0 Å². The highest BCUT2D eigenvalue weighted by atomic mass is 16.2. The van der Waals surface area contributed by atoms with E-state index in [-0.39, 0.29) is 0 Å². The van der Waals surface area contributed by atoms with Gasteiger partial charge in [-0.3, -0.25) is 4.79 Å². The van der Waals surface area contributed by atoms with E-state index in [1.54, 1.807) is 0 Å². The highest BCUT2D eigenvalue weighted by Crippen LogP contribution is 2.27. The molecule has 0 bridgehead atoms. The van der Waals surface area contributed by atoms with Gasteiger partial charge in [0.2, 0.25) is 5.91 Å². The quantitative estimate of drug-likeness (QED) is 0.751. The molecule has 1 aliphatic carbocycles. The van der Waals surface area contributed by atoms with Gasteiger partial charge in [0.15, 0.2) is 0 Å². The molecule has 1 N–H and O–H groups in total. The molecule has 0 radical (unpaired) electrons. The lowest BCUT2D eigenvalue weighted by Gasteiger charge is -2.23. The molecule has 0 aromatic heterocycles. The molecule has 0 heterocycles. The lowest BCUT2D eigenvalue weighted by Crippen LogP contribution is -2.32. The first kappa shape index (κ1) is 13.5. The number of nitrogens with zero attached hydrogens (tertiary/aromatic N) is 1. The fraction of sp³-hybridized carbons (Fsp3) is 0.923. The molecule has 1 saturated carbocycles. The molecule has 3 heteroatoms. The smallest absolute Gasteiger partial charge is 0.222 e. The number of carbonyl (C=O) groups excluding carboxylic acids is 1. The van der Waals surface area contributed by atoms with Crippen LogP contribution in [0.15, 0.2) is 0 Å². The average Bonchev–Trinajstić information content (AvgIpc) is 2.34. The van der Waals surface area contributed by atoms with Crippen molar-refractivity contribution in [2.24, 2.45) is 5.92 Å². The highest BCUT2D eigenvalue weighted by Gasteiger charge is 2.16. The number of amides is 1. The number of rotatable bonds is 6. The maximum Gasteiger partial charge on any atom is 0.222 e. The van der Waals surface area contributed by atoms with Crippen molar-refractivity contribution in [3.05, 3.63) is 0 Å². The molecule has 0 atom stereocenters. The van der Waals surface area contributed by atoms with Crippen molar-refractivity contribution < 1.29 is 4.79 Å². The molecule has 3 nitrogen and oxygen atoms in total. The zero-order valence-corrected chi connectivity index (χ0v) is 10.8. The van der Waals surface area contributed by atoms with Crippen LogP contribution < -0.4 is 5.32 Å². The number of likely N-dealkylation sites (N-methyl/N-ethyl adjacent to an activating group) is 2. The van der Waals surface area contributed by atoms with Crippen molar-refractivity contribution in [1.29, 1.82) is 0 Å². The standard InChI is InChI=1S/C13H26N2O/c1-14-10-11-15(2)13(16)9-8-12-6-4-3-5-7-12/h12,14H,3-11H2,1-2H3. The summed E-state index contributed by atoms with van der Waals surface area (Å²) in [7, 11) is 3.82. The topological polar surface area (TPSA) is 32.3 Å². The van der Waals surface area contributed by atoms with E-state index in [4.69, 9.17) is 0 Å². The summed E-state index contributed by atoms with van der Waals surface area (Å²) in [6.07, 6.45) is 8.66. The molecule has 0 spiro atoms. The van der Waals surface area contributed by atoms with Gasteiger partial charge in [-0.2, -0.15) is 0 Å². The van der Waals surface area contributed by atoms with Gasteiger partial charge >= 0.3 is 0 Å². The monoisotopic (exact) mass is 226 g/mol.